The molecule has 0 radical (unpaired) electrons. The molecule has 4 rings (SSSR count). The van der Waals surface area contributed by atoms with Gasteiger partial charge in [0.25, 0.3) is 11.8 Å². The molecule has 0 bridgehead atoms. The van der Waals surface area contributed by atoms with E-state index in [1.807, 2.05) is 25.1 Å². The number of fused-ring (bicyclic) bond motifs is 2. The number of nitrogens with zero attached hydrogens (tertiary/aromatic N) is 1. The van der Waals surface area contributed by atoms with Crippen molar-refractivity contribution < 1.29 is 23.9 Å². The molecule has 0 aliphatic carbocycles. The van der Waals surface area contributed by atoms with Crippen LogP contribution in [0.1, 0.15) is 45.4 Å². The molecule has 0 spiro atoms. The number of hydrogen-bond acceptors (Lipinski definition) is 6. The molecule has 0 saturated carbocycles. The highest BCUT2D eigenvalue weighted by Gasteiger charge is 2.30. The fraction of sp³-hybridized carbons (Fsp3) is 0.346. The number of amides is 2. The third kappa shape index (κ3) is 6.07. The first kappa shape index (κ1) is 26.9. The van der Waals surface area contributed by atoms with Crippen molar-refractivity contribution in [2.45, 2.75) is 32.4 Å². The number of aliphatic carboxylic acids is 1. The maximum Gasteiger partial charge on any atom is 0.327 e. The van der Waals surface area contributed by atoms with Gasteiger partial charge in [-0.2, -0.15) is 0 Å². The highest BCUT2D eigenvalue weighted by atomic mass is 35.5. The van der Waals surface area contributed by atoms with E-state index in [-0.39, 0.29) is 40.4 Å². The number of para-hydroxylation sites is 1. The first-order valence-corrected chi connectivity index (χ1v) is 12.8. The molecule has 11 heteroatoms. The summed E-state index contributed by atoms with van der Waals surface area (Å²) in [7, 11) is 0. The van der Waals surface area contributed by atoms with E-state index in [9.17, 15) is 19.5 Å². The highest BCUT2D eigenvalue weighted by molar-refractivity contribution is 6.40. The molecule has 196 valence electrons. The topological polar surface area (TPSA) is 124 Å². The monoisotopic (exact) mass is 546 g/mol. The largest absolute Gasteiger partial charge is 0.480 e. The molecule has 0 fully saturated rings. The van der Waals surface area contributed by atoms with Crippen LogP contribution in [0.25, 0.3) is 11.0 Å². The van der Waals surface area contributed by atoms with Crippen molar-refractivity contribution >= 4 is 52.0 Å². The number of furan rings is 1. The summed E-state index contributed by atoms with van der Waals surface area (Å²) in [6, 6.07) is 9.55. The van der Waals surface area contributed by atoms with Gasteiger partial charge < -0.3 is 30.4 Å². The maximum atomic E-state index is 13.1. The van der Waals surface area contributed by atoms with Crippen LogP contribution >= 0.6 is 23.2 Å². The lowest BCUT2D eigenvalue weighted by Crippen LogP contribution is -2.48. The molecule has 1 aliphatic rings. The number of carboxylic acid groups (broad SMARTS) is 1. The van der Waals surface area contributed by atoms with Gasteiger partial charge in [0.1, 0.15) is 11.6 Å². The van der Waals surface area contributed by atoms with Crippen molar-refractivity contribution in [3.8, 4) is 0 Å². The molecule has 0 saturated heterocycles. The number of carboxylic acids is 1. The zero-order chi connectivity index (χ0) is 26.5. The average Bonchev–Trinajstić information content (AvgIpc) is 3.31. The van der Waals surface area contributed by atoms with Gasteiger partial charge in [-0.15, -0.1) is 0 Å². The summed E-state index contributed by atoms with van der Waals surface area (Å²) in [4.78, 5) is 39.4. The summed E-state index contributed by atoms with van der Waals surface area (Å²) >= 11 is 13.1. The van der Waals surface area contributed by atoms with Crippen molar-refractivity contribution in [1.29, 1.82) is 0 Å². The lowest BCUT2D eigenvalue weighted by Gasteiger charge is -2.30. The summed E-state index contributed by atoms with van der Waals surface area (Å²) < 4.78 is 5.72. The second kappa shape index (κ2) is 12.0. The van der Waals surface area contributed by atoms with E-state index in [0.29, 0.717) is 30.8 Å². The van der Waals surface area contributed by atoms with E-state index in [4.69, 9.17) is 27.6 Å². The minimum Gasteiger partial charge on any atom is -0.480 e. The smallest absolute Gasteiger partial charge is 0.327 e. The third-order valence-corrected chi connectivity index (χ3v) is 6.90. The first-order valence-electron chi connectivity index (χ1n) is 12.0. The Balaban J connectivity index is 1.47. The second-order valence-corrected chi connectivity index (χ2v) is 9.59. The number of rotatable bonds is 10. The maximum absolute atomic E-state index is 13.1. The lowest BCUT2D eigenvalue weighted by atomic mass is 9.96. The number of nitrogens with one attached hydrogen (secondary N) is 3. The summed E-state index contributed by atoms with van der Waals surface area (Å²) in [5.41, 5.74) is 2.09. The van der Waals surface area contributed by atoms with E-state index < -0.39 is 17.9 Å². The van der Waals surface area contributed by atoms with Crippen LogP contribution < -0.4 is 16.0 Å². The van der Waals surface area contributed by atoms with E-state index in [1.54, 1.807) is 23.1 Å². The Morgan fingerprint density at radius 2 is 1.95 bits per heavy atom. The number of carbonyl (C=O) groups is 3. The van der Waals surface area contributed by atoms with Crippen molar-refractivity contribution in [1.82, 2.24) is 20.9 Å². The van der Waals surface area contributed by atoms with Crippen LogP contribution in [-0.4, -0.2) is 60.1 Å². The van der Waals surface area contributed by atoms with Gasteiger partial charge in [-0.05, 0) is 48.7 Å². The molecule has 0 unspecified atom stereocenters. The van der Waals surface area contributed by atoms with Gasteiger partial charge in [0.15, 0.2) is 5.76 Å². The van der Waals surface area contributed by atoms with Crippen molar-refractivity contribution in [3.05, 3.63) is 68.9 Å². The molecule has 2 heterocycles. The average molecular weight is 547 g/mol. The molecule has 1 atom stereocenters. The second-order valence-electron chi connectivity index (χ2n) is 8.81. The van der Waals surface area contributed by atoms with Crippen LogP contribution in [-0.2, 0) is 17.8 Å². The van der Waals surface area contributed by atoms with Gasteiger partial charge in [-0.3, -0.25) is 9.59 Å². The minimum atomic E-state index is -1.18. The lowest BCUT2D eigenvalue weighted by molar-refractivity contribution is -0.139. The summed E-state index contributed by atoms with van der Waals surface area (Å²) in [5, 5.41) is 19.2. The Morgan fingerprint density at radius 3 is 2.68 bits per heavy atom. The van der Waals surface area contributed by atoms with E-state index in [1.165, 1.54) is 0 Å². The Labute approximate surface area is 224 Å². The zero-order valence-corrected chi connectivity index (χ0v) is 21.8. The molecule has 4 N–H and O–H groups in total. The first-order chi connectivity index (χ1) is 17.8. The molecule has 9 nitrogen and oxygen atoms in total. The number of halogens is 2. The summed E-state index contributed by atoms with van der Waals surface area (Å²) in [6.45, 7) is 3.87. The van der Waals surface area contributed by atoms with Gasteiger partial charge in [0.05, 0.1) is 15.6 Å². The summed E-state index contributed by atoms with van der Waals surface area (Å²) in [5.74, 6) is -1.85. The molecule has 2 aromatic carbocycles. The Kier molecular flexibility index (Phi) is 8.71. The van der Waals surface area contributed by atoms with Gasteiger partial charge >= 0.3 is 5.97 Å². The number of carbonyl (C=O) groups excluding carboxylic acids is 2. The van der Waals surface area contributed by atoms with Crippen LogP contribution in [0.4, 0.5) is 0 Å². The number of benzene rings is 2. The van der Waals surface area contributed by atoms with Crippen LogP contribution in [0.3, 0.4) is 0 Å². The molecular weight excluding hydrogens is 519 g/mol. The normalized spacial score (nSPS) is 13.9. The van der Waals surface area contributed by atoms with E-state index >= 15 is 0 Å². The van der Waals surface area contributed by atoms with Crippen molar-refractivity contribution in [2.24, 2.45) is 0 Å². The van der Waals surface area contributed by atoms with Crippen molar-refractivity contribution in [2.75, 3.05) is 26.3 Å². The van der Waals surface area contributed by atoms with E-state index in [2.05, 4.69) is 16.0 Å². The molecule has 2 amide bonds. The van der Waals surface area contributed by atoms with E-state index in [0.717, 1.165) is 23.9 Å². The molecule has 1 aliphatic heterocycles. The Morgan fingerprint density at radius 1 is 1.16 bits per heavy atom. The molecular formula is C26H28Cl2N4O5. The fourth-order valence-corrected chi connectivity index (χ4v) is 5.04. The fourth-order valence-electron chi connectivity index (χ4n) is 4.28. The van der Waals surface area contributed by atoms with Gasteiger partial charge in [-0.1, -0.05) is 48.3 Å². The van der Waals surface area contributed by atoms with Crippen LogP contribution in [0.2, 0.25) is 10.0 Å². The summed E-state index contributed by atoms with van der Waals surface area (Å²) in [6.07, 6.45) is 1.35. The van der Waals surface area contributed by atoms with Gasteiger partial charge in [-0.25, -0.2) is 4.79 Å². The molecule has 37 heavy (non-hydrogen) atoms. The zero-order valence-electron chi connectivity index (χ0n) is 20.3. The van der Waals surface area contributed by atoms with Crippen molar-refractivity contribution in [3.63, 3.8) is 0 Å². The van der Waals surface area contributed by atoms with Crippen LogP contribution in [0.5, 0.6) is 0 Å². The SMILES string of the molecule is CCCNCNC[C@H](NC(=O)c1c(Cl)cc2c(c1Cl)CCN(C(=O)c1cc3ccccc3o1)C2)C(=O)O. The van der Waals surface area contributed by atoms with Gasteiger partial charge in [0.2, 0.25) is 0 Å². The Hall–Kier alpha value is -3.11. The standard InChI is InChI=1S/C26H28Cl2N4O5/c1-2-8-29-14-30-12-19(26(35)36)31-24(33)22-18(27)10-16-13-32(9-7-17(16)23(22)28)25(34)21-11-15-5-3-4-6-20(15)37-21/h3-6,10-11,19,29-30H,2,7-9,12-14H2,1H3,(H,31,33)(H,35,36)/t19-/m0/s1. The van der Waals surface area contributed by atoms with Gasteiger partial charge in [0, 0.05) is 31.7 Å². The van der Waals surface area contributed by atoms with Crippen LogP contribution in [0, 0.1) is 0 Å². The predicted octanol–water partition coefficient (Wildman–Crippen LogP) is 3.67. The minimum absolute atomic E-state index is 0.0227. The quantitative estimate of drug-likeness (QED) is 0.226. The highest BCUT2D eigenvalue weighted by Crippen LogP contribution is 2.35. The Bertz CT molecular complexity index is 1290. The molecule has 1 aromatic heterocycles. The van der Waals surface area contributed by atoms with Crippen LogP contribution in [0.15, 0.2) is 40.8 Å². The third-order valence-electron chi connectivity index (χ3n) is 6.18. The predicted molar refractivity (Wildman–Crippen MR) is 141 cm³/mol. The molecule has 3 aromatic rings. The number of hydrogen-bond donors (Lipinski definition) is 4.